The van der Waals surface area contributed by atoms with Crippen molar-refractivity contribution in [2.24, 2.45) is 5.73 Å². The first kappa shape index (κ1) is 22.0. The number of nitrogens with two attached hydrogens (primary N) is 1. The Balaban J connectivity index is -0.000000563. The summed E-state index contributed by atoms with van der Waals surface area (Å²) in [5.74, 6) is 0. The van der Waals surface area contributed by atoms with Gasteiger partial charge < -0.3 is 10.6 Å². The Kier molecular flexibility index (Phi) is 16.8. The number of piperazine rings is 1. The van der Waals surface area contributed by atoms with Crippen molar-refractivity contribution in [3.05, 3.63) is 0 Å². The van der Waals surface area contributed by atoms with E-state index in [0.29, 0.717) is 0 Å². The molecule has 0 aromatic heterocycles. The van der Waals surface area contributed by atoms with Crippen molar-refractivity contribution in [3.8, 4) is 0 Å². The fourth-order valence-corrected chi connectivity index (χ4v) is 1.86. The largest absolute Gasteiger partial charge is 0.330 e. The van der Waals surface area contributed by atoms with Gasteiger partial charge >= 0.3 is 0 Å². The lowest BCUT2D eigenvalue weighted by Gasteiger charge is -2.36. The van der Waals surface area contributed by atoms with Crippen molar-refractivity contribution in [2.45, 2.75) is 25.8 Å². The zero-order valence-electron chi connectivity index (χ0n) is 10.2. The summed E-state index contributed by atoms with van der Waals surface area (Å²) in [7, 11) is 2.20. The van der Waals surface area contributed by atoms with Crippen molar-refractivity contribution in [2.75, 3.05) is 39.8 Å². The molecule has 0 bridgehead atoms. The molecule has 0 radical (unpaired) electrons. The topological polar surface area (TPSA) is 32.5 Å². The molecule has 0 saturated carbocycles. The number of nitrogens with zero attached hydrogens (tertiary/aromatic N) is 2. The van der Waals surface area contributed by atoms with E-state index in [1.54, 1.807) is 0 Å². The number of rotatable bonds is 4. The summed E-state index contributed by atoms with van der Waals surface area (Å²) in [6.07, 6.45) is 2.41. The molecule has 0 aromatic carbocycles. The summed E-state index contributed by atoms with van der Waals surface area (Å²) in [4.78, 5) is 4.97. The van der Waals surface area contributed by atoms with Gasteiger partial charge in [0.25, 0.3) is 0 Å². The van der Waals surface area contributed by atoms with Crippen LogP contribution in [0, 0.1) is 0 Å². The highest BCUT2D eigenvalue weighted by Gasteiger charge is 2.17. The van der Waals surface area contributed by atoms with E-state index >= 15 is 0 Å². The monoisotopic (exact) mass is 293 g/mol. The van der Waals surface area contributed by atoms with Crippen molar-refractivity contribution in [1.29, 1.82) is 0 Å². The first-order valence-corrected chi connectivity index (χ1v) is 5.36. The molecule has 0 aromatic rings. The maximum absolute atomic E-state index is 5.50. The van der Waals surface area contributed by atoms with Crippen molar-refractivity contribution < 1.29 is 0 Å². The minimum atomic E-state index is 0. The quantitative estimate of drug-likeness (QED) is 0.855. The van der Waals surface area contributed by atoms with E-state index in [2.05, 4.69) is 23.8 Å². The maximum Gasteiger partial charge on any atom is 0.0113 e. The smallest absolute Gasteiger partial charge is 0.0113 e. The molecule has 1 atom stereocenters. The summed E-state index contributed by atoms with van der Waals surface area (Å²) in [6, 6.07) is 0.720. The van der Waals surface area contributed by atoms with Crippen LogP contribution >= 0.6 is 37.2 Å². The van der Waals surface area contributed by atoms with Gasteiger partial charge in [-0.05, 0) is 33.4 Å². The van der Waals surface area contributed by atoms with E-state index in [0.717, 1.165) is 19.0 Å². The Labute approximate surface area is 118 Å². The molecule has 3 nitrogen and oxygen atoms in total. The highest BCUT2D eigenvalue weighted by Crippen LogP contribution is 2.08. The Morgan fingerprint density at radius 2 is 1.56 bits per heavy atom. The third-order valence-electron chi connectivity index (χ3n) is 2.99. The molecule has 0 spiro atoms. The third-order valence-corrected chi connectivity index (χ3v) is 2.99. The first-order chi connectivity index (χ1) is 6.24. The van der Waals surface area contributed by atoms with E-state index in [-0.39, 0.29) is 37.2 Å². The molecule has 1 rings (SSSR count). The van der Waals surface area contributed by atoms with E-state index in [4.69, 9.17) is 5.73 Å². The van der Waals surface area contributed by atoms with Crippen LogP contribution in [0.5, 0.6) is 0 Å². The van der Waals surface area contributed by atoms with Crippen LogP contribution in [0.4, 0.5) is 0 Å². The molecule has 1 unspecified atom stereocenters. The molecule has 2 N–H and O–H groups in total. The second-order valence-electron chi connectivity index (χ2n) is 4.12. The second-order valence-corrected chi connectivity index (χ2v) is 4.12. The van der Waals surface area contributed by atoms with Gasteiger partial charge in [0.15, 0.2) is 0 Å². The Morgan fingerprint density at radius 3 is 2.00 bits per heavy atom. The predicted octanol–water partition coefficient (Wildman–Crippen LogP) is 1.63. The summed E-state index contributed by atoms with van der Waals surface area (Å²) in [6.45, 7) is 8.03. The Hall–Kier alpha value is 0.750. The molecule has 6 heteroatoms. The number of halogens is 3. The molecule has 1 aliphatic heterocycles. The van der Waals surface area contributed by atoms with Crippen LogP contribution in [0.25, 0.3) is 0 Å². The Morgan fingerprint density at radius 1 is 1.06 bits per heavy atom. The van der Waals surface area contributed by atoms with Gasteiger partial charge in [0, 0.05) is 32.2 Å². The third kappa shape index (κ3) is 7.93. The van der Waals surface area contributed by atoms with Crippen molar-refractivity contribution >= 4 is 37.2 Å². The summed E-state index contributed by atoms with van der Waals surface area (Å²) < 4.78 is 0. The summed E-state index contributed by atoms with van der Waals surface area (Å²) in [5.41, 5.74) is 5.50. The fourth-order valence-electron chi connectivity index (χ4n) is 1.86. The first-order valence-electron chi connectivity index (χ1n) is 5.36. The minimum Gasteiger partial charge on any atom is -0.330 e. The van der Waals surface area contributed by atoms with Crippen LogP contribution in [0.15, 0.2) is 0 Å². The molecule has 102 valence electrons. The molecular weight excluding hydrogens is 268 g/mol. The number of likely N-dealkylation sites (N-methyl/N-ethyl adjacent to an activating group) is 1. The Bertz CT molecular complexity index is 141. The van der Waals surface area contributed by atoms with Crippen LogP contribution < -0.4 is 5.73 Å². The van der Waals surface area contributed by atoms with Gasteiger partial charge in [-0.15, -0.1) is 37.2 Å². The second kappa shape index (κ2) is 12.2. The van der Waals surface area contributed by atoms with Crippen molar-refractivity contribution in [3.63, 3.8) is 0 Å². The maximum atomic E-state index is 5.50. The molecular formula is C10H26Cl3N3. The lowest BCUT2D eigenvalue weighted by molar-refractivity contribution is 0.114. The summed E-state index contributed by atoms with van der Waals surface area (Å²) in [5, 5.41) is 0. The van der Waals surface area contributed by atoms with Gasteiger partial charge in [-0.25, -0.2) is 0 Å². The van der Waals surface area contributed by atoms with Gasteiger partial charge in [0.05, 0.1) is 0 Å². The molecule has 16 heavy (non-hydrogen) atoms. The zero-order chi connectivity index (χ0) is 9.68. The lowest BCUT2D eigenvalue weighted by Crippen LogP contribution is -2.48. The van der Waals surface area contributed by atoms with Crippen molar-refractivity contribution in [1.82, 2.24) is 9.80 Å². The van der Waals surface area contributed by atoms with Crippen LogP contribution in [0.3, 0.4) is 0 Å². The van der Waals surface area contributed by atoms with Crippen LogP contribution in [-0.4, -0.2) is 55.6 Å². The SMILES string of the molecule is CC(CCCN)N1CCN(C)CC1.Cl.Cl.Cl. The van der Waals surface area contributed by atoms with E-state index in [9.17, 15) is 0 Å². The van der Waals surface area contributed by atoms with E-state index in [1.165, 1.54) is 32.6 Å². The van der Waals surface area contributed by atoms with Gasteiger partial charge in [-0.2, -0.15) is 0 Å². The highest BCUT2D eigenvalue weighted by molar-refractivity contribution is 5.86. The highest BCUT2D eigenvalue weighted by atomic mass is 35.5. The molecule has 0 amide bonds. The average molecular weight is 295 g/mol. The number of hydrogen-bond acceptors (Lipinski definition) is 3. The normalized spacial score (nSPS) is 18.9. The molecule has 1 saturated heterocycles. The van der Waals surface area contributed by atoms with Gasteiger partial charge in [0.2, 0.25) is 0 Å². The zero-order valence-corrected chi connectivity index (χ0v) is 12.7. The fraction of sp³-hybridized carbons (Fsp3) is 1.00. The lowest BCUT2D eigenvalue weighted by atomic mass is 10.1. The van der Waals surface area contributed by atoms with Crippen LogP contribution in [-0.2, 0) is 0 Å². The van der Waals surface area contributed by atoms with Gasteiger partial charge in [-0.3, -0.25) is 4.90 Å². The van der Waals surface area contributed by atoms with Gasteiger partial charge in [-0.1, -0.05) is 0 Å². The average Bonchev–Trinajstić information content (AvgIpc) is 2.15. The molecule has 0 aliphatic carbocycles. The van der Waals surface area contributed by atoms with E-state index < -0.39 is 0 Å². The predicted molar refractivity (Wildman–Crippen MR) is 78.6 cm³/mol. The van der Waals surface area contributed by atoms with Crippen LogP contribution in [0.2, 0.25) is 0 Å². The minimum absolute atomic E-state index is 0. The number of hydrogen-bond donors (Lipinski definition) is 1. The van der Waals surface area contributed by atoms with Crippen LogP contribution in [0.1, 0.15) is 19.8 Å². The summed E-state index contributed by atoms with van der Waals surface area (Å²) >= 11 is 0. The van der Waals surface area contributed by atoms with Gasteiger partial charge in [0.1, 0.15) is 0 Å². The molecule has 1 heterocycles. The van der Waals surface area contributed by atoms with E-state index in [1.807, 2.05) is 0 Å². The molecule has 1 aliphatic rings. The molecule has 1 fully saturated rings. The standard InChI is InChI=1S/C10H23N3.3ClH/c1-10(4-3-5-11)13-8-6-12(2)7-9-13;;;/h10H,3-9,11H2,1-2H3;3*1H.